The second-order valence-electron chi connectivity index (χ2n) is 5.19. The first kappa shape index (κ1) is 15.8. The molecule has 1 N–H and O–H groups in total. The molecule has 2 amide bonds. The van der Waals surface area contributed by atoms with Gasteiger partial charge in [-0.05, 0) is 12.5 Å². The van der Waals surface area contributed by atoms with Gasteiger partial charge in [0.1, 0.15) is 0 Å². The van der Waals surface area contributed by atoms with Crippen LogP contribution in [0.3, 0.4) is 0 Å². The molecular formula is C16H25N3O2. The van der Waals surface area contributed by atoms with Crippen LogP contribution in [-0.4, -0.2) is 61.8 Å². The van der Waals surface area contributed by atoms with E-state index in [-0.39, 0.29) is 6.03 Å². The third-order valence-corrected chi connectivity index (χ3v) is 3.69. The van der Waals surface area contributed by atoms with E-state index in [1.807, 2.05) is 42.2 Å². The number of carbonyl (C=O) groups excluding carboxylic acids is 1. The van der Waals surface area contributed by atoms with Crippen molar-refractivity contribution in [3.63, 3.8) is 0 Å². The second kappa shape index (κ2) is 8.64. The molecule has 1 fully saturated rings. The van der Waals surface area contributed by atoms with Gasteiger partial charge in [0.05, 0.1) is 13.2 Å². The fourth-order valence-corrected chi connectivity index (χ4v) is 2.39. The number of carbonyl (C=O) groups is 1. The van der Waals surface area contributed by atoms with Crippen LogP contribution in [0.15, 0.2) is 30.3 Å². The lowest BCUT2D eigenvalue weighted by molar-refractivity contribution is 0.0386. The molecule has 0 aromatic heterocycles. The van der Waals surface area contributed by atoms with Gasteiger partial charge in [0, 0.05) is 39.3 Å². The maximum Gasteiger partial charge on any atom is 0.317 e. The van der Waals surface area contributed by atoms with E-state index < -0.39 is 0 Å². The molecule has 1 aromatic rings. The number of benzene rings is 1. The third-order valence-electron chi connectivity index (χ3n) is 3.69. The molecule has 2 rings (SSSR count). The minimum Gasteiger partial charge on any atom is -0.379 e. The Morgan fingerprint density at radius 2 is 2.00 bits per heavy atom. The lowest BCUT2D eigenvalue weighted by atomic mass is 10.2. The summed E-state index contributed by atoms with van der Waals surface area (Å²) in [6.07, 6.45) is 0. The number of rotatable bonds is 6. The van der Waals surface area contributed by atoms with E-state index in [4.69, 9.17) is 4.74 Å². The summed E-state index contributed by atoms with van der Waals surface area (Å²) in [7, 11) is 0. The number of hydrogen-bond donors (Lipinski definition) is 1. The molecule has 0 radical (unpaired) electrons. The molecule has 0 saturated carbocycles. The van der Waals surface area contributed by atoms with Gasteiger partial charge in [-0.2, -0.15) is 0 Å². The quantitative estimate of drug-likeness (QED) is 0.865. The standard InChI is InChI=1S/C16H25N3O2/c1-2-19(14-15-6-4-3-5-7-15)16(20)17-8-9-18-10-12-21-13-11-18/h3-7H,2,8-14H2,1H3,(H,17,20). The average molecular weight is 291 g/mol. The smallest absolute Gasteiger partial charge is 0.317 e. The highest BCUT2D eigenvalue weighted by molar-refractivity contribution is 5.74. The zero-order valence-corrected chi connectivity index (χ0v) is 12.8. The first-order valence-electron chi connectivity index (χ1n) is 7.66. The van der Waals surface area contributed by atoms with Gasteiger partial charge < -0.3 is 15.0 Å². The average Bonchev–Trinajstić information content (AvgIpc) is 2.54. The van der Waals surface area contributed by atoms with Crippen molar-refractivity contribution in [2.75, 3.05) is 45.9 Å². The van der Waals surface area contributed by atoms with Gasteiger partial charge in [-0.25, -0.2) is 4.79 Å². The summed E-state index contributed by atoms with van der Waals surface area (Å²) in [6, 6.07) is 10.1. The Kier molecular flexibility index (Phi) is 6.50. The molecule has 1 heterocycles. The molecule has 0 atom stereocenters. The van der Waals surface area contributed by atoms with Crippen LogP contribution in [0.2, 0.25) is 0 Å². The third kappa shape index (κ3) is 5.36. The fourth-order valence-electron chi connectivity index (χ4n) is 2.39. The SMILES string of the molecule is CCN(Cc1ccccc1)C(=O)NCCN1CCOCC1. The summed E-state index contributed by atoms with van der Waals surface area (Å²) in [5, 5.41) is 3.01. The largest absolute Gasteiger partial charge is 0.379 e. The molecule has 0 bridgehead atoms. The topological polar surface area (TPSA) is 44.8 Å². The van der Waals surface area contributed by atoms with Crippen molar-refractivity contribution in [2.24, 2.45) is 0 Å². The number of nitrogens with one attached hydrogen (secondary N) is 1. The Balaban J connectivity index is 1.72. The first-order valence-corrected chi connectivity index (χ1v) is 7.66. The molecule has 21 heavy (non-hydrogen) atoms. The highest BCUT2D eigenvalue weighted by atomic mass is 16.5. The van der Waals surface area contributed by atoms with E-state index in [9.17, 15) is 4.79 Å². The monoisotopic (exact) mass is 291 g/mol. The maximum absolute atomic E-state index is 12.2. The van der Waals surface area contributed by atoms with E-state index in [1.54, 1.807) is 0 Å². The predicted octanol–water partition coefficient (Wildman–Crippen LogP) is 1.55. The summed E-state index contributed by atoms with van der Waals surface area (Å²) in [5.41, 5.74) is 1.16. The lowest BCUT2D eigenvalue weighted by Crippen LogP contribution is -2.45. The molecular weight excluding hydrogens is 266 g/mol. The summed E-state index contributed by atoms with van der Waals surface area (Å²) >= 11 is 0. The van der Waals surface area contributed by atoms with Crippen molar-refractivity contribution >= 4 is 6.03 Å². The van der Waals surface area contributed by atoms with Crippen LogP contribution >= 0.6 is 0 Å². The first-order chi connectivity index (χ1) is 10.3. The molecule has 0 spiro atoms. The molecule has 0 unspecified atom stereocenters. The minimum atomic E-state index is 0.00890. The van der Waals surface area contributed by atoms with E-state index >= 15 is 0 Å². The van der Waals surface area contributed by atoms with Crippen LogP contribution in [0.1, 0.15) is 12.5 Å². The summed E-state index contributed by atoms with van der Waals surface area (Å²) in [5.74, 6) is 0. The van der Waals surface area contributed by atoms with Crippen LogP contribution in [0.5, 0.6) is 0 Å². The van der Waals surface area contributed by atoms with Gasteiger partial charge >= 0.3 is 6.03 Å². The Morgan fingerprint density at radius 3 is 2.67 bits per heavy atom. The number of hydrogen-bond acceptors (Lipinski definition) is 3. The molecule has 1 saturated heterocycles. The van der Waals surface area contributed by atoms with Crippen molar-refractivity contribution in [1.82, 2.24) is 15.1 Å². The minimum absolute atomic E-state index is 0.00890. The van der Waals surface area contributed by atoms with E-state index in [0.29, 0.717) is 19.6 Å². The molecule has 5 nitrogen and oxygen atoms in total. The number of nitrogens with zero attached hydrogens (tertiary/aromatic N) is 2. The highest BCUT2D eigenvalue weighted by Gasteiger charge is 2.13. The van der Waals surface area contributed by atoms with Gasteiger partial charge in [-0.1, -0.05) is 30.3 Å². The number of ether oxygens (including phenoxy) is 1. The zero-order valence-electron chi connectivity index (χ0n) is 12.8. The molecule has 1 aliphatic rings. The van der Waals surface area contributed by atoms with Crippen molar-refractivity contribution in [2.45, 2.75) is 13.5 Å². The molecule has 5 heteroatoms. The fraction of sp³-hybridized carbons (Fsp3) is 0.562. The zero-order chi connectivity index (χ0) is 14.9. The van der Waals surface area contributed by atoms with Crippen molar-refractivity contribution in [3.05, 3.63) is 35.9 Å². The lowest BCUT2D eigenvalue weighted by Gasteiger charge is -2.27. The van der Waals surface area contributed by atoms with Crippen LogP contribution < -0.4 is 5.32 Å². The van der Waals surface area contributed by atoms with Crippen molar-refractivity contribution in [1.29, 1.82) is 0 Å². The van der Waals surface area contributed by atoms with Gasteiger partial charge in [0.25, 0.3) is 0 Å². The maximum atomic E-state index is 12.2. The Morgan fingerprint density at radius 1 is 1.29 bits per heavy atom. The van der Waals surface area contributed by atoms with Crippen molar-refractivity contribution in [3.8, 4) is 0 Å². The molecule has 1 aliphatic heterocycles. The Labute approximate surface area is 126 Å². The molecule has 116 valence electrons. The second-order valence-corrected chi connectivity index (χ2v) is 5.19. The summed E-state index contributed by atoms with van der Waals surface area (Å²) in [4.78, 5) is 16.3. The van der Waals surface area contributed by atoms with Gasteiger partial charge in [0.2, 0.25) is 0 Å². The highest BCUT2D eigenvalue weighted by Crippen LogP contribution is 2.04. The van der Waals surface area contributed by atoms with Gasteiger partial charge in [-0.3, -0.25) is 4.90 Å². The van der Waals surface area contributed by atoms with Crippen LogP contribution in [0.4, 0.5) is 4.79 Å². The summed E-state index contributed by atoms with van der Waals surface area (Å²) < 4.78 is 5.31. The normalized spacial score (nSPS) is 15.7. The van der Waals surface area contributed by atoms with Crippen LogP contribution in [0.25, 0.3) is 0 Å². The van der Waals surface area contributed by atoms with Crippen LogP contribution in [0, 0.1) is 0 Å². The number of urea groups is 1. The number of morpholine rings is 1. The van der Waals surface area contributed by atoms with E-state index in [0.717, 1.165) is 38.4 Å². The van der Waals surface area contributed by atoms with Crippen LogP contribution in [-0.2, 0) is 11.3 Å². The summed E-state index contributed by atoms with van der Waals surface area (Å²) in [6.45, 7) is 8.44. The Bertz CT molecular complexity index is 419. The van der Waals surface area contributed by atoms with E-state index in [1.165, 1.54) is 0 Å². The predicted molar refractivity (Wildman–Crippen MR) is 83.2 cm³/mol. The Hall–Kier alpha value is -1.59. The van der Waals surface area contributed by atoms with Gasteiger partial charge in [-0.15, -0.1) is 0 Å². The van der Waals surface area contributed by atoms with Crippen molar-refractivity contribution < 1.29 is 9.53 Å². The molecule has 0 aliphatic carbocycles. The van der Waals surface area contributed by atoms with E-state index in [2.05, 4.69) is 10.2 Å². The molecule has 1 aromatic carbocycles. The van der Waals surface area contributed by atoms with Gasteiger partial charge in [0.15, 0.2) is 0 Å². The number of amides is 2.